The first-order chi connectivity index (χ1) is 13.4. The number of carbonyl (C=O) groups excluding carboxylic acids is 1. The predicted molar refractivity (Wildman–Crippen MR) is 109 cm³/mol. The third-order valence-electron chi connectivity index (χ3n) is 4.23. The van der Waals surface area contributed by atoms with Crippen molar-refractivity contribution in [2.45, 2.75) is 47.1 Å². The highest BCUT2D eigenvalue weighted by atomic mass is 35.5. The smallest absolute Gasteiger partial charge is 0.278 e. The maximum absolute atomic E-state index is 14.3. The summed E-state index contributed by atoms with van der Waals surface area (Å²) in [6, 6.07) is 4.62. The molecule has 0 atom stereocenters. The van der Waals surface area contributed by atoms with Gasteiger partial charge in [-0.1, -0.05) is 31.5 Å². The number of pyridine rings is 1. The summed E-state index contributed by atoms with van der Waals surface area (Å²) in [6.45, 7) is 8.27. The van der Waals surface area contributed by atoms with E-state index in [1.54, 1.807) is 19.9 Å². The van der Waals surface area contributed by atoms with Crippen molar-refractivity contribution in [2.24, 2.45) is 0 Å². The van der Waals surface area contributed by atoms with Crippen molar-refractivity contribution in [3.05, 3.63) is 56.2 Å². The molecule has 2 N–H and O–H groups in total. The van der Waals surface area contributed by atoms with Crippen LogP contribution in [0.5, 0.6) is 0 Å². The maximum Gasteiger partial charge on any atom is 0.278 e. The van der Waals surface area contributed by atoms with Gasteiger partial charge in [0.05, 0.1) is 23.5 Å². The number of carbonyl (C=O) groups is 1. The van der Waals surface area contributed by atoms with Crippen LogP contribution in [-0.2, 0) is 17.8 Å². The molecule has 6 nitrogen and oxygen atoms in total. The van der Waals surface area contributed by atoms with E-state index >= 15 is 0 Å². The van der Waals surface area contributed by atoms with E-state index in [0.29, 0.717) is 18.7 Å². The summed E-state index contributed by atoms with van der Waals surface area (Å²) in [5, 5.41) is 2.67. The van der Waals surface area contributed by atoms with E-state index in [1.165, 1.54) is 16.7 Å². The van der Waals surface area contributed by atoms with Gasteiger partial charge in [0, 0.05) is 12.2 Å². The molecule has 0 unspecified atom stereocenters. The van der Waals surface area contributed by atoms with E-state index in [1.807, 2.05) is 13.8 Å². The normalized spacial score (nSPS) is 12.1. The molecule has 2 aromatic rings. The molecular formula is C20H25ClFN3O3. The number of aryl methyl sites for hydroxylation is 1. The van der Waals surface area contributed by atoms with Crippen molar-refractivity contribution in [1.29, 1.82) is 0 Å². The molecule has 0 spiro atoms. The fourth-order valence-corrected chi connectivity index (χ4v) is 3.29. The van der Waals surface area contributed by atoms with Gasteiger partial charge in [-0.05, 0) is 44.4 Å². The molecule has 0 radical (unpaired) electrons. The Morgan fingerprint density at radius 2 is 2.07 bits per heavy atom. The monoisotopic (exact) mass is 409 g/mol. The van der Waals surface area contributed by atoms with E-state index in [0.717, 1.165) is 12.0 Å². The van der Waals surface area contributed by atoms with Crippen LogP contribution in [0.3, 0.4) is 0 Å². The summed E-state index contributed by atoms with van der Waals surface area (Å²) in [5.74, 6) is -1.03. The highest BCUT2D eigenvalue weighted by molar-refractivity contribution is 6.34. The Hall–Kier alpha value is -2.38. The number of nitrogens with one attached hydrogen (secondary N) is 2. The number of amides is 1. The summed E-state index contributed by atoms with van der Waals surface area (Å²) >= 11 is 6.25. The lowest BCUT2D eigenvalue weighted by Gasteiger charge is -2.18. The minimum atomic E-state index is -0.533. The lowest BCUT2D eigenvalue weighted by Crippen LogP contribution is -2.30. The van der Waals surface area contributed by atoms with Gasteiger partial charge in [0.15, 0.2) is 0 Å². The highest BCUT2D eigenvalue weighted by Crippen LogP contribution is 2.33. The number of fused-ring (bicyclic) bond motifs is 1. The average Bonchev–Trinajstić information content (AvgIpc) is 3.17. The molecule has 1 aliphatic rings. The summed E-state index contributed by atoms with van der Waals surface area (Å²) in [6.07, 6.45) is 1.27. The van der Waals surface area contributed by atoms with Gasteiger partial charge >= 0.3 is 0 Å². The van der Waals surface area contributed by atoms with Crippen molar-refractivity contribution in [3.63, 3.8) is 0 Å². The van der Waals surface area contributed by atoms with Gasteiger partial charge in [-0.3, -0.25) is 14.4 Å². The van der Waals surface area contributed by atoms with E-state index < -0.39 is 17.3 Å². The van der Waals surface area contributed by atoms with Crippen LogP contribution >= 0.6 is 11.6 Å². The SMILES string of the molecule is CC.CCONC(=O)c1c(Nc2ccc(C)cc2F)c(Cl)c(=O)n2c1CCC2. The molecule has 2 heterocycles. The molecule has 1 amide bonds. The van der Waals surface area contributed by atoms with Crippen LogP contribution in [0.1, 0.15) is 48.8 Å². The quantitative estimate of drug-likeness (QED) is 0.720. The summed E-state index contributed by atoms with van der Waals surface area (Å²) in [4.78, 5) is 30.2. The van der Waals surface area contributed by atoms with Crippen LogP contribution in [0.25, 0.3) is 0 Å². The lowest BCUT2D eigenvalue weighted by molar-refractivity contribution is 0.0364. The van der Waals surface area contributed by atoms with Gasteiger partial charge in [0.25, 0.3) is 11.5 Å². The van der Waals surface area contributed by atoms with Gasteiger partial charge in [0.2, 0.25) is 0 Å². The third-order valence-corrected chi connectivity index (χ3v) is 4.58. The first kappa shape index (κ1) is 21.9. The zero-order valence-corrected chi connectivity index (χ0v) is 17.2. The molecule has 0 fully saturated rings. The van der Waals surface area contributed by atoms with Crippen LogP contribution in [0, 0.1) is 12.7 Å². The standard InChI is InChI=1S/C18H19ClFN3O3.C2H6/c1-3-26-22-17(24)14-13-5-4-8-23(13)18(25)15(19)16(14)21-12-7-6-10(2)9-11(12)20;1-2/h6-7,9,21H,3-5,8H2,1-2H3,(H,22,24);1-2H3. The molecule has 0 aliphatic carbocycles. The van der Waals surface area contributed by atoms with Crippen molar-refractivity contribution in [1.82, 2.24) is 10.0 Å². The first-order valence-corrected chi connectivity index (χ1v) is 9.72. The van der Waals surface area contributed by atoms with Gasteiger partial charge in [0.1, 0.15) is 10.8 Å². The minimum Gasteiger partial charge on any atom is -0.351 e. The average molecular weight is 410 g/mol. The van der Waals surface area contributed by atoms with Gasteiger partial charge in [-0.2, -0.15) is 0 Å². The molecule has 0 bridgehead atoms. The highest BCUT2D eigenvalue weighted by Gasteiger charge is 2.28. The lowest BCUT2D eigenvalue weighted by atomic mass is 10.1. The number of aromatic nitrogens is 1. The van der Waals surface area contributed by atoms with Gasteiger partial charge in [-0.15, -0.1) is 0 Å². The molecule has 0 saturated heterocycles. The van der Waals surface area contributed by atoms with Crippen LogP contribution in [0.4, 0.5) is 15.8 Å². The Bertz CT molecular complexity index is 928. The molecule has 28 heavy (non-hydrogen) atoms. The molecule has 3 rings (SSSR count). The molecule has 1 aromatic carbocycles. The van der Waals surface area contributed by atoms with Crippen LogP contribution in [0.15, 0.2) is 23.0 Å². The van der Waals surface area contributed by atoms with Gasteiger partial charge in [-0.25, -0.2) is 9.87 Å². The second kappa shape index (κ2) is 9.71. The van der Waals surface area contributed by atoms with Crippen molar-refractivity contribution in [3.8, 4) is 0 Å². The number of benzene rings is 1. The number of nitrogens with zero attached hydrogens (tertiary/aromatic N) is 1. The summed E-state index contributed by atoms with van der Waals surface area (Å²) in [7, 11) is 0. The van der Waals surface area contributed by atoms with Crippen LogP contribution in [0.2, 0.25) is 5.02 Å². The van der Waals surface area contributed by atoms with E-state index in [4.69, 9.17) is 16.4 Å². The Morgan fingerprint density at radius 1 is 1.36 bits per heavy atom. The van der Waals surface area contributed by atoms with E-state index in [-0.39, 0.29) is 28.6 Å². The first-order valence-electron chi connectivity index (χ1n) is 9.34. The fourth-order valence-electron chi connectivity index (χ4n) is 3.04. The van der Waals surface area contributed by atoms with Gasteiger partial charge < -0.3 is 9.88 Å². The molecule has 152 valence electrons. The van der Waals surface area contributed by atoms with E-state index in [9.17, 15) is 14.0 Å². The zero-order chi connectivity index (χ0) is 20.8. The third kappa shape index (κ3) is 4.36. The Labute approximate surface area is 168 Å². The van der Waals surface area contributed by atoms with Crippen molar-refractivity contribution in [2.75, 3.05) is 11.9 Å². The maximum atomic E-state index is 14.3. The summed E-state index contributed by atoms with van der Waals surface area (Å²) in [5.41, 5.74) is 3.65. The topological polar surface area (TPSA) is 72.4 Å². The predicted octanol–water partition coefficient (Wildman–Crippen LogP) is 4.35. The number of anilines is 2. The number of rotatable bonds is 5. The number of hydrogen-bond acceptors (Lipinski definition) is 4. The number of hydrogen-bond donors (Lipinski definition) is 2. The molecule has 1 aromatic heterocycles. The Morgan fingerprint density at radius 3 is 2.71 bits per heavy atom. The van der Waals surface area contributed by atoms with Crippen LogP contribution < -0.4 is 16.4 Å². The van der Waals surface area contributed by atoms with E-state index in [2.05, 4.69) is 10.8 Å². The Balaban J connectivity index is 0.00000136. The number of halogens is 2. The summed E-state index contributed by atoms with van der Waals surface area (Å²) < 4.78 is 15.7. The largest absolute Gasteiger partial charge is 0.351 e. The number of hydroxylamine groups is 1. The molecule has 8 heteroatoms. The minimum absolute atomic E-state index is 0.0878. The molecular weight excluding hydrogens is 385 g/mol. The van der Waals surface area contributed by atoms with Crippen molar-refractivity contribution < 1.29 is 14.0 Å². The second-order valence-electron chi connectivity index (χ2n) is 6.04. The molecule has 0 saturated carbocycles. The molecule has 1 aliphatic heterocycles. The zero-order valence-electron chi connectivity index (χ0n) is 16.5. The van der Waals surface area contributed by atoms with Crippen LogP contribution in [-0.4, -0.2) is 17.1 Å². The van der Waals surface area contributed by atoms with Crippen molar-refractivity contribution >= 4 is 28.9 Å². The fraction of sp³-hybridized carbons (Fsp3) is 0.400. The Kier molecular flexibility index (Phi) is 7.60. The second-order valence-corrected chi connectivity index (χ2v) is 6.42.